The zero-order chi connectivity index (χ0) is 19.0. The van der Waals surface area contributed by atoms with Crippen molar-refractivity contribution >= 4 is 28.7 Å². The highest BCUT2D eigenvalue weighted by Crippen LogP contribution is 2.33. The molecule has 4 unspecified atom stereocenters. The molecular weight excluding hydrogens is 382 g/mol. The number of ketones is 1. The summed E-state index contributed by atoms with van der Waals surface area (Å²) in [6.45, 7) is 2.66. The van der Waals surface area contributed by atoms with Crippen LogP contribution in [-0.4, -0.2) is 35.7 Å². The van der Waals surface area contributed by atoms with Crippen LogP contribution >= 0.6 is 22.9 Å². The number of hydrogen-bond acceptors (Lipinski definition) is 5. The summed E-state index contributed by atoms with van der Waals surface area (Å²) in [5.74, 6) is 0.832. The number of para-hydroxylation sites is 1. The molecule has 2 aromatic rings. The number of rotatable bonds is 5. The van der Waals surface area contributed by atoms with Crippen molar-refractivity contribution < 1.29 is 14.6 Å². The quantitative estimate of drug-likeness (QED) is 0.788. The second kappa shape index (κ2) is 7.92. The predicted molar refractivity (Wildman–Crippen MR) is 108 cm³/mol. The van der Waals surface area contributed by atoms with Crippen molar-refractivity contribution in [2.45, 2.75) is 50.9 Å². The third kappa shape index (κ3) is 3.92. The lowest BCUT2D eigenvalue weighted by atomic mass is 9.87. The van der Waals surface area contributed by atoms with Crippen LogP contribution in [0.3, 0.4) is 0 Å². The number of halogens is 1. The van der Waals surface area contributed by atoms with E-state index in [-0.39, 0.29) is 23.8 Å². The average molecular weight is 406 g/mol. The fraction of sp³-hybridized carbons (Fsp3) is 0.476. The molecule has 0 aliphatic heterocycles. The number of thiophene rings is 1. The van der Waals surface area contributed by atoms with Gasteiger partial charge in [-0.2, -0.15) is 0 Å². The maximum Gasteiger partial charge on any atom is 0.168 e. The lowest BCUT2D eigenvalue weighted by Gasteiger charge is -2.25. The summed E-state index contributed by atoms with van der Waals surface area (Å²) < 4.78 is 5.92. The minimum Gasteiger partial charge on any atom is -0.486 e. The van der Waals surface area contributed by atoms with Gasteiger partial charge in [0, 0.05) is 33.8 Å². The van der Waals surface area contributed by atoms with Crippen LogP contribution in [0.4, 0.5) is 0 Å². The SMILES string of the molecule is Cc1cc2c(s1)CCC(CNC1CCC(Oc3ccccc3Cl)C1O)C2=O. The van der Waals surface area contributed by atoms with Crippen LogP contribution < -0.4 is 10.1 Å². The van der Waals surface area contributed by atoms with Crippen molar-refractivity contribution in [3.63, 3.8) is 0 Å². The molecule has 2 aliphatic carbocycles. The van der Waals surface area contributed by atoms with Gasteiger partial charge < -0.3 is 15.2 Å². The number of fused-ring (bicyclic) bond motifs is 1. The molecule has 4 atom stereocenters. The molecule has 1 aromatic heterocycles. The van der Waals surface area contributed by atoms with E-state index in [1.807, 2.05) is 24.3 Å². The smallest absolute Gasteiger partial charge is 0.168 e. The number of ether oxygens (including phenoxy) is 1. The van der Waals surface area contributed by atoms with E-state index in [0.717, 1.165) is 31.2 Å². The van der Waals surface area contributed by atoms with Crippen molar-refractivity contribution in [3.8, 4) is 5.75 Å². The molecule has 4 rings (SSSR count). The Hall–Kier alpha value is -1.40. The predicted octanol–water partition coefficient (Wildman–Crippen LogP) is 4.02. The number of aliphatic hydroxyl groups excluding tert-OH is 1. The van der Waals surface area contributed by atoms with E-state index < -0.39 is 6.10 Å². The lowest BCUT2D eigenvalue weighted by molar-refractivity contribution is 0.0442. The van der Waals surface area contributed by atoms with Gasteiger partial charge in [-0.25, -0.2) is 0 Å². The standard InChI is InChI=1S/C21H24ClNO3S/c1-12-10-14-19(27-12)9-6-13(20(14)24)11-23-16-7-8-18(21(16)25)26-17-5-3-2-4-15(17)22/h2-5,10,13,16,18,21,23,25H,6-9,11H2,1H3. The Bertz CT molecular complexity index is 837. The first-order chi connectivity index (χ1) is 13.0. The van der Waals surface area contributed by atoms with Gasteiger partial charge in [0.1, 0.15) is 18.0 Å². The Balaban J connectivity index is 1.33. The van der Waals surface area contributed by atoms with Gasteiger partial charge in [0.2, 0.25) is 0 Å². The number of carbonyl (C=O) groups excluding carboxylic acids is 1. The maximum absolute atomic E-state index is 12.7. The van der Waals surface area contributed by atoms with Crippen LogP contribution in [0, 0.1) is 12.8 Å². The maximum atomic E-state index is 12.7. The summed E-state index contributed by atoms with van der Waals surface area (Å²) >= 11 is 7.88. The summed E-state index contributed by atoms with van der Waals surface area (Å²) in [7, 11) is 0. The summed E-state index contributed by atoms with van der Waals surface area (Å²) in [6, 6.07) is 9.28. The zero-order valence-electron chi connectivity index (χ0n) is 15.3. The number of benzene rings is 1. The Morgan fingerprint density at radius 2 is 2.11 bits per heavy atom. The van der Waals surface area contributed by atoms with Crippen molar-refractivity contribution in [2.24, 2.45) is 5.92 Å². The molecule has 2 aliphatic rings. The molecule has 1 fully saturated rings. The van der Waals surface area contributed by atoms with Crippen molar-refractivity contribution in [1.29, 1.82) is 0 Å². The van der Waals surface area contributed by atoms with Gasteiger partial charge in [-0.15, -0.1) is 11.3 Å². The van der Waals surface area contributed by atoms with E-state index in [2.05, 4.69) is 12.2 Å². The lowest BCUT2D eigenvalue weighted by Crippen LogP contribution is -2.44. The number of carbonyl (C=O) groups is 1. The van der Waals surface area contributed by atoms with E-state index in [4.69, 9.17) is 16.3 Å². The molecule has 0 radical (unpaired) electrons. The summed E-state index contributed by atoms with van der Waals surface area (Å²) in [5, 5.41) is 14.6. The molecule has 6 heteroatoms. The van der Waals surface area contributed by atoms with Crippen LogP contribution in [-0.2, 0) is 6.42 Å². The number of hydrogen-bond donors (Lipinski definition) is 2. The van der Waals surface area contributed by atoms with Crippen LogP contribution in [0.15, 0.2) is 30.3 Å². The Kier molecular flexibility index (Phi) is 5.55. The highest BCUT2D eigenvalue weighted by molar-refractivity contribution is 7.12. The molecule has 144 valence electrons. The van der Waals surface area contributed by atoms with E-state index in [9.17, 15) is 9.90 Å². The van der Waals surface area contributed by atoms with E-state index >= 15 is 0 Å². The first-order valence-electron chi connectivity index (χ1n) is 9.49. The Morgan fingerprint density at radius 3 is 2.93 bits per heavy atom. The second-order valence-corrected chi connectivity index (χ2v) is 9.21. The Labute approximate surface area is 168 Å². The van der Waals surface area contributed by atoms with Gasteiger partial charge in [-0.1, -0.05) is 23.7 Å². The number of aliphatic hydroxyl groups is 1. The van der Waals surface area contributed by atoms with Gasteiger partial charge >= 0.3 is 0 Å². The topological polar surface area (TPSA) is 58.6 Å². The third-order valence-electron chi connectivity index (χ3n) is 5.59. The Morgan fingerprint density at radius 1 is 1.30 bits per heavy atom. The molecule has 0 spiro atoms. The van der Waals surface area contributed by atoms with Crippen LogP contribution in [0.2, 0.25) is 5.02 Å². The first-order valence-corrected chi connectivity index (χ1v) is 10.7. The fourth-order valence-electron chi connectivity index (χ4n) is 4.10. The zero-order valence-corrected chi connectivity index (χ0v) is 16.9. The normalized spacial score (nSPS) is 27.6. The van der Waals surface area contributed by atoms with Gasteiger partial charge in [-0.3, -0.25) is 4.79 Å². The average Bonchev–Trinajstić information content (AvgIpc) is 3.20. The van der Waals surface area contributed by atoms with E-state index in [1.54, 1.807) is 17.4 Å². The number of Topliss-reactive ketones (excluding diaryl/α,β-unsaturated/α-hetero) is 1. The molecule has 4 nitrogen and oxygen atoms in total. The largest absolute Gasteiger partial charge is 0.486 e. The summed E-state index contributed by atoms with van der Waals surface area (Å²) in [6.07, 6.45) is 2.53. The van der Waals surface area contributed by atoms with Gasteiger partial charge in [0.25, 0.3) is 0 Å². The van der Waals surface area contributed by atoms with Crippen molar-refractivity contribution in [3.05, 3.63) is 50.7 Å². The molecule has 0 saturated heterocycles. The molecule has 0 bridgehead atoms. The molecule has 1 aromatic carbocycles. The monoisotopic (exact) mass is 405 g/mol. The highest BCUT2D eigenvalue weighted by Gasteiger charge is 2.37. The van der Waals surface area contributed by atoms with Gasteiger partial charge in [0.05, 0.1) is 5.02 Å². The van der Waals surface area contributed by atoms with Gasteiger partial charge in [0.15, 0.2) is 5.78 Å². The van der Waals surface area contributed by atoms with E-state index in [1.165, 1.54) is 9.75 Å². The molecular formula is C21H24ClNO3S. The number of aryl methyl sites for hydroxylation is 2. The van der Waals surface area contributed by atoms with Crippen molar-refractivity contribution in [1.82, 2.24) is 5.32 Å². The summed E-state index contributed by atoms with van der Waals surface area (Å²) in [5.41, 5.74) is 0.905. The highest BCUT2D eigenvalue weighted by atomic mass is 35.5. The molecule has 27 heavy (non-hydrogen) atoms. The second-order valence-electron chi connectivity index (χ2n) is 7.46. The molecule has 0 amide bonds. The summed E-state index contributed by atoms with van der Waals surface area (Å²) in [4.78, 5) is 15.2. The third-order valence-corrected chi connectivity index (χ3v) is 7.01. The van der Waals surface area contributed by atoms with E-state index in [0.29, 0.717) is 17.3 Å². The van der Waals surface area contributed by atoms with Gasteiger partial charge in [-0.05, 0) is 50.8 Å². The fourth-order valence-corrected chi connectivity index (χ4v) is 5.34. The number of nitrogens with one attached hydrogen (secondary N) is 1. The van der Waals surface area contributed by atoms with Crippen LogP contribution in [0.1, 0.15) is 39.4 Å². The van der Waals surface area contributed by atoms with Crippen LogP contribution in [0.25, 0.3) is 0 Å². The molecule has 1 heterocycles. The van der Waals surface area contributed by atoms with Crippen molar-refractivity contribution in [2.75, 3.05) is 6.54 Å². The first kappa shape index (κ1) is 18.9. The molecule has 2 N–H and O–H groups in total. The molecule has 1 saturated carbocycles. The minimum atomic E-state index is -0.612. The van der Waals surface area contributed by atoms with Crippen LogP contribution in [0.5, 0.6) is 5.75 Å². The minimum absolute atomic E-state index is 0.0118.